The average Bonchev–Trinajstić information content (AvgIpc) is 3.13. The Bertz CT molecular complexity index is 891. The molecule has 2 fully saturated rings. The van der Waals surface area contributed by atoms with E-state index < -0.39 is 5.41 Å². The van der Waals surface area contributed by atoms with E-state index in [2.05, 4.69) is 15.3 Å². The lowest BCUT2D eigenvalue weighted by Gasteiger charge is -2.21. The second kappa shape index (κ2) is 6.24. The summed E-state index contributed by atoms with van der Waals surface area (Å²) < 4.78 is 13.0. The van der Waals surface area contributed by atoms with Crippen LogP contribution in [0.15, 0.2) is 40.3 Å². The molecule has 1 aromatic carbocycles. The van der Waals surface area contributed by atoms with E-state index in [1.165, 1.54) is 23.9 Å². The van der Waals surface area contributed by atoms with Crippen molar-refractivity contribution >= 4 is 35.3 Å². The smallest absolute Gasteiger partial charge is 0.235 e. The molecule has 0 radical (unpaired) electrons. The lowest BCUT2D eigenvalue weighted by molar-refractivity contribution is -0.127. The number of nitrogens with two attached hydrogens (primary N) is 1. The third kappa shape index (κ3) is 3.10. The first kappa shape index (κ1) is 16.8. The van der Waals surface area contributed by atoms with Crippen LogP contribution in [-0.2, 0) is 9.59 Å². The van der Waals surface area contributed by atoms with E-state index in [9.17, 15) is 14.0 Å². The number of aromatic nitrogens is 2. The van der Waals surface area contributed by atoms with E-state index in [0.717, 1.165) is 4.90 Å². The van der Waals surface area contributed by atoms with Crippen molar-refractivity contribution in [1.29, 1.82) is 0 Å². The molecule has 2 saturated heterocycles. The van der Waals surface area contributed by atoms with Gasteiger partial charge in [0, 0.05) is 30.5 Å². The van der Waals surface area contributed by atoms with E-state index in [4.69, 9.17) is 5.73 Å². The topological polar surface area (TPSA) is 101 Å². The molecular weight excluding hydrogens is 357 g/mol. The van der Waals surface area contributed by atoms with Gasteiger partial charge in [-0.15, -0.1) is 0 Å². The standard InChI is InChI=1S/C17H16FN5O2S/c18-10-1-3-11(4-2-10)26-14-7-12(20-16(19)22-14)23-6-5-17(9-23)8-13(24)21-15(17)25/h1-4,7H,5-6,8-9H2,(H2,19,20,22)(H,21,24,25)/t17-/m1/s1. The largest absolute Gasteiger partial charge is 0.368 e. The zero-order valence-corrected chi connectivity index (χ0v) is 14.6. The van der Waals surface area contributed by atoms with E-state index in [1.54, 1.807) is 18.2 Å². The van der Waals surface area contributed by atoms with Gasteiger partial charge >= 0.3 is 0 Å². The van der Waals surface area contributed by atoms with Gasteiger partial charge in [-0.25, -0.2) is 9.37 Å². The number of hydrogen-bond acceptors (Lipinski definition) is 7. The van der Waals surface area contributed by atoms with Crippen molar-refractivity contribution < 1.29 is 14.0 Å². The Kier molecular flexibility index (Phi) is 4.03. The summed E-state index contributed by atoms with van der Waals surface area (Å²) in [5, 5.41) is 3.02. The summed E-state index contributed by atoms with van der Waals surface area (Å²) in [6.45, 7) is 1.03. The Morgan fingerprint density at radius 1 is 1.23 bits per heavy atom. The van der Waals surface area contributed by atoms with Gasteiger partial charge in [0.2, 0.25) is 17.8 Å². The van der Waals surface area contributed by atoms with E-state index >= 15 is 0 Å². The number of carbonyl (C=O) groups is 2. The third-order valence-electron chi connectivity index (χ3n) is 4.65. The minimum absolute atomic E-state index is 0.125. The fourth-order valence-corrected chi connectivity index (χ4v) is 4.17. The highest BCUT2D eigenvalue weighted by Crippen LogP contribution is 2.40. The lowest BCUT2D eigenvalue weighted by atomic mass is 9.85. The number of amides is 2. The van der Waals surface area contributed by atoms with Gasteiger partial charge < -0.3 is 10.6 Å². The van der Waals surface area contributed by atoms with Gasteiger partial charge in [-0.3, -0.25) is 14.9 Å². The number of hydrogen-bond donors (Lipinski definition) is 2. The van der Waals surface area contributed by atoms with Crippen LogP contribution in [0.3, 0.4) is 0 Å². The molecule has 1 aromatic heterocycles. The number of nitrogen functional groups attached to an aromatic ring is 1. The van der Waals surface area contributed by atoms with E-state index in [-0.39, 0.29) is 30.0 Å². The van der Waals surface area contributed by atoms with Gasteiger partial charge in [0.15, 0.2) is 0 Å². The molecular formula is C17H16FN5O2S. The van der Waals surface area contributed by atoms with Crippen LogP contribution in [0.5, 0.6) is 0 Å². The molecule has 2 aliphatic rings. The van der Waals surface area contributed by atoms with Crippen LogP contribution >= 0.6 is 11.8 Å². The highest BCUT2D eigenvalue weighted by Gasteiger charge is 2.51. The maximum absolute atomic E-state index is 13.0. The quantitative estimate of drug-likeness (QED) is 0.622. The summed E-state index contributed by atoms with van der Waals surface area (Å²) >= 11 is 1.35. The van der Waals surface area contributed by atoms with Crippen molar-refractivity contribution in [3.63, 3.8) is 0 Å². The SMILES string of the molecule is Nc1nc(Sc2ccc(F)cc2)cc(N2CC[C@@]3(CC(=O)NC3=O)C2)n1. The second-order valence-electron chi connectivity index (χ2n) is 6.48. The van der Waals surface area contributed by atoms with Crippen LogP contribution in [0, 0.1) is 11.2 Å². The number of nitrogens with zero attached hydrogens (tertiary/aromatic N) is 3. The van der Waals surface area contributed by atoms with Crippen LogP contribution in [0.25, 0.3) is 0 Å². The first-order valence-corrected chi connectivity index (χ1v) is 8.92. The van der Waals surface area contributed by atoms with Crippen LogP contribution in [0.1, 0.15) is 12.8 Å². The summed E-state index contributed by atoms with van der Waals surface area (Å²) in [7, 11) is 0. The Morgan fingerprint density at radius 3 is 2.69 bits per heavy atom. The molecule has 1 atom stereocenters. The molecule has 0 saturated carbocycles. The first-order valence-electron chi connectivity index (χ1n) is 8.11. The summed E-state index contributed by atoms with van der Waals surface area (Å²) in [6, 6.07) is 7.88. The van der Waals surface area contributed by atoms with Crippen LogP contribution in [0.2, 0.25) is 0 Å². The number of rotatable bonds is 3. The maximum atomic E-state index is 13.0. The maximum Gasteiger partial charge on any atom is 0.235 e. The van der Waals surface area contributed by atoms with Crippen molar-refractivity contribution in [1.82, 2.24) is 15.3 Å². The summed E-state index contributed by atoms with van der Waals surface area (Å²) in [5.74, 6) is -0.00492. The van der Waals surface area contributed by atoms with Crippen molar-refractivity contribution in [2.24, 2.45) is 5.41 Å². The molecule has 4 rings (SSSR count). The van der Waals surface area contributed by atoms with E-state index in [1.807, 2.05) is 4.90 Å². The van der Waals surface area contributed by atoms with Gasteiger partial charge in [0.05, 0.1) is 5.41 Å². The number of nitrogens with one attached hydrogen (secondary N) is 1. The minimum atomic E-state index is -0.680. The normalized spacial score (nSPS) is 22.3. The number of carbonyl (C=O) groups excluding carboxylic acids is 2. The molecule has 0 bridgehead atoms. The number of halogens is 1. The van der Waals surface area contributed by atoms with Gasteiger partial charge in [0.1, 0.15) is 16.7 Å². The Morgan fingerprint density at radius 2 is 2.00 bits per heavy atom. The van der Waals surface area contributed by atoms with Crippen LogP contribution in [0.4, 0.5) is 16.2 Å². The Balaban J connectivity index is 1.56. The molecule has 134 valence electrons. The molecule has 2 aliphatic heterocycles. The fraction of sp³-hybridized carbons (Fsp3) is 0.294. The lowest BCUT2D eigenvalue weighted by Crippen LogP contribution is -2.34. The molecule has 7 nitrogen and oxygen atoms in total. The summed E-state index contributed by atoms with van der Waals surface area (Å²) in [5.41, 5.74) is 5.16. The molecule has 0 unspecified atom stereocenters. The Labute approximate surface area is 153 Å². The highest BCUT2D eigenvalue weighted by molar-refractivity contribution is 7.99. The van der Waals surface area contributed by atoms with Gasteiger partial charge in [-0.05, 0) is 30.7 Å². The van der Waals surface area contributed by atoms with E-state index in [0.29, 0.717) is 30.4 Å². The monoisotopic (exact) mass is 373 g/mol. The average molecular weight is 373 g/mol. The van der Waals surface area contributed by atoms with Crippen LogP contribution in [-0.4, -0.2) is 34.9 Å². The van der Waals surface area contributed by atoms with Gasteiger partial charge in [-0.1, -0.05) is 11.8 Å². The van der Waals surface area contributed by atoms with Crippen molar-refractivity contribution in [2.45, 2.75) is 22.8 Å². The molecule has 0 aliphatic carbocycles. The summed E-state index contributed by atoms with van der Waals surface area (Å²) in [4.78, 5) is 35.0. The molecule has 1 spiro atoms. The van der Waals surface area contributed by atoms with Gasteiger partial charge in [0.25, 0.3) is 0 Å². The zero-order chi connectivity index (χ0) is 18.3. The highest BCUT2D eigenvalue weighted by atomic mass is 32.2. The molecule has 9 heteroatoms. The minimum Gasteiger partial charge on any atom is -0.368 e. The zero-order valence-electron chi connectivity index (χ0n) is 13.7. The third-order valence-corrected chi connectivity index (χ3v) is 5.58. The molecule has 26 heavy (non-hydrogen) atoms. The molecule has 2 amide bonds. The first-order chi connectivity index (χ1) is 12.4. The Hall–Kier alpha value is -2.68. The molecule has 2 aromatic rings. The molecule has 3 heterocycles. The van der Waals surface area contributed by atoms with Crippen molar-refractivity contribution in [3.8, 4) is 0 Å². The van der Waals surface area contributed by atoms with Crippen LogP contribution < -0.4 is 16.0 Å². The fourth-order valence-electron chi connectivity index (χ4n) is 3.36. The summed E-state index contributed by atoms with van der Waals surface area (Å²) in [6.07, 6.45) is 0.801. The van der Waals surface area contributed by atoms with Gasteiger partial charge in [-0.2, -0.15) is 4.98 Å². The molecule has 3 N–H and O–H groups in total. The number of anilines is 2. The van der Waals surface area contributed by atoms with Crippen molar-refractivity contribution in [3.05, 3.63) is 36.1 Å². The predicted molar refractivity (Wildman–Crippen MR) is 94.0 cm³/mol. The number of benzene rings is 1. The predicted octanol–water partition coefficient (Wildman–Crippen LogP) is 1.59. The number of imide groups is 1. The van der Waals surface area contributed by atoms with Crippen molar-refractivity contribution in [2.75, 3.05) is 23.7 Å². The second-order valence-corrected chi connectivity index (χ2v) is 7.58.